The summed E-state index contributed by atoms with van der Waals surface area (Å²) in [6.07, 6.45) is 1.01. The van der Waals surface area contributed by atoms with Crippen LogP contribution in [-0.4, -0.2) is 20.6 Å². The highest BCUT2D eigenvalue weighted by Crippen LogP contribution is 2.28. The molecule has 0 saturated carbocycles. The normalized spacial score (nSPS) is 11.4. The fraction of sp³-hybridized carbons (Fsp3) is 0.125. The van der Waals surface area contributed by atoms with Gasteiger partial charge >= 0.3 is 0 Å². The first-order valence-corrected chi connectivity index (χ1v) is 6.78. The molecule has 0 bridgehead atoms. The fourth-order valence-electron chi connectivity index (χ4n) is 1.00. The molecule has 0 spiro atoms. The molecule has 15 heavy (non-hydrogen) atoms. The molecular weight excluding hydrogens is 306 g/mol. The van der Waals surface area contributed by atoms with Crippen molar-refractivity contribution >= 4 is 43.3 Å². The molecule has 1 aromatic carbocycles. The number of benzene rings is 1. The standard InChI is InChI=1S/C8H7BrClNO3S/c1-15(13,14)7-2-4(8(11)12)5(9)3-6(7)10/h2-3H,1H3,(H2,11,12). The van der Waals surface area contributed by atoms with Crippen LogP contribution in [0.15, 0.2) is 21.5 Å². The molecule has 1 rings (SSSR count). The number of rotatable bonds is 2. The van der Waals surface area contributed by atoms with Crippen LogP contribution in [0, 0.1) is 0 Å². The largest absolute Gasteiger partial charge is 0.366 e. The lowest BCUT2D eigenvalue weighted by Gasteiger charge is -2.06. The van der Waals surface area contributed by atoms with Crippen molar-refractivity contribution in [3.05, 3.63) is 27.2 Å². The molecule has 0 aliphatic heterocycles. The van der Waals surface area contributed by atoms with E-state index in [0.29, 0.717) is 4.47 Å². The lowest BCUT2D eigenvalue weighted by Crippen LogP contribution is -2.13. The van der Waals surface area contributed by atoms with Gasteiger partial charge in [-0.2, -0.15) is 0 Å². The lowest BCUT2D eigenvalue weighted by atomic mass is 10.2. The summed E-state index contributed by atoms with van der Waals surface area (Å²) in [4.78, 5) is 10.9. The Morgan fingerprint density at radius 1 is 1.47 bits per heavy atom. The van der Waals surface area contributed by atoms with E-state index in [1.807, 2.05) is 0 Å². The number of halogens is 2. The summed E-state index contributed by atoms with van der Waals surface area (Å²) >= 11 is 8.80. The predicted octanol–water partition coefficient (Wildman–Crippen LogP) is 1.60. The summed E-state index contributed by atoms with van der Waals surface area (Å²) in [6, 6.07) is 2.49. The molecule has 0 radical (unpaired) electrons. The second-order valence-electron chi connectivity index (χ2n) is 2.90. The summed E-state index contributed by atoms with van der Waals surface area (Å²) in [6.45, 7) is 0. The molecule has 82 valence electrons. The van der Waals surface area contributed by atoms with Crippen LogP contribution in [0.4, 0.5) is 0 Å². The first-order valence-electron chi connectivity index (χ1n) is 3.72. The van der Waals surface area contributed by atoms with Crippen LogP contribution in [0.2, 0.25) is 5.02 Å². The Kier molecular flexibility index (Phi) is 3.42. The number of hydrogen-bond acceptors (Lipinski definition) is 3. The molecule has 0 atom stereocenters. The second kappa shape index (κ2) is 4.11. The van der Waals surface area contributed by atoms with Crippen molar-refractivity contribution in [2.24, 2.45) is 5.73 Å². The van der Waals surface area contributed by atoms with Gasteiger partial charge in [-0.15, -0.1) is 0 Å². The van der Waals surface area contributed by atoms with Crippen molar-refractivity contribution in [2.75, 3.05) is 6.26 Å². The Balaban J connectivity index is 3.58. The van der Waals surface area contributed by atoms with E-state index < -0.39 is 15.7 Å². The zero-order valence-electron chi connectivity index (χ0n) is 7.62. The maximum absolute atomic E-state index is 11.3. The average molecular weight is 313 g/mol. The maximum Gasteiger partial charge on any atom is 0.249 e. The summed E-state index contributed by atoms with van der Waals surface area (Å²) in [5, 5.41) is 0.0503. The average Bonchev–Trinajstić information content (AvgIpc) is 2.00. The van der Waals surface area contributed by atoms with Crippen LogP contribution in [0.3, 0.4) is 0 Å². The Hall–Kier alpha value is -0.590. The van der Waals surface area contributed by atoms with Gasteiger partial charge in [0.2, 0.25) is 5.91 Å². The molecule has 7 heteroatoms. The van der Waals surface area contributed by atoms with E-state index in [2.05, 4.69) is 15.9 Å². The van der Waals surface area contributed by atoms with E-state index in [9.17, 15) is 13.2 Å². The first kappa shape index (κ1) is 12.5. The van der Waals surface area contributed by atoms with Gasteiger partial charge in [-0.1, -0.05) is 11.6 Å². The molecule has 1 amide bonds. The van der Waals surface area contributed by atoms with Gasteiger partial charge in [-0.25, -0.2) is 8.42 Å². The Bertz CT molecular complexity index is 527. The summed E-state index contributed by atoms with van der Waals surface area (Å²) in [7, 11) is -3.47. The van der Waals surface area contributed by atoms with E-state index in [0.717, 1.165) is 12.3 Å². The van der Waals surface area contributed by atoms with Gasteiger partial charge in [0.15, 0.2) is 9.84 Å². The van der Waals surface area contributed by atoms with E-state index in [-0.39, 0.29) is 15.5 Å². The third kappa shape index (κ3) is 2.70. The minimum atomic E-state index is -3.47. The quantitative estimate of drug-likeness (QED) is 0.901. The molecule has 0 aliphatic carbocycles. The number of primary amides is 1. The molecule has 0 fully saturated rings. The SMILES string of the molecule is CS(=O)(=O)c1cc(C(N)=O)c(Br)cc1Cl. The van der Waals surface area contributed by atoms with Crippen LogP contribution in [0.1, 0.15) is 10.4 Å². The van der Waals surface area contributed by atoms with E-state index in [4.69, 9.17) is 17.3 Å². The van der Waals surface area contributed by atoms with E-state index in [1.54, 1.807) is 0 Å². The highest BCUT2D eigenvalue weighted by Gasteiger charge is 2.17. The van der Waals surface area contributed by atoms with Crippen LogP contribution in [0.5, 0.6) is 0 Å². The minimum Gasteiger partial charge on any atom is -0.366 e. The Morgan fingerprint density at radius 2 is 2.00 bits per heavy atom. The Labute approximate surface area is 100 Å². The van der Waals surface area contributed by atoms with Crippen LogP contribution >= 0.6 is 27.5 Å². The molecule has 0 aliphatic rings. The van der Waals surface area contributed by atoms with Gasteiger partial charge in [-0.05, 0) is 28.1 Å². The van der Waals surface area contributed by atoms with Crippen LogP contribution in [0.25, 0.3) is 0 Å². The fourth-order valence-corrected chi connectivity index (χ4v) is 3.00. The van der Waals surface area contributed by atoms with E-state index in [1.165, 1.54) is 6.07 Å². The number of amides is 1. The summed E-state index contributed by atoms with van der Waals surface area (Å²) in [5.41, 5.74) is 5.15. The molecular formula is C8H7BrClNO3S. The van der Waals surface area contributed by atoms with Gasteiger partial charge in [0.05, 0.1) is 15.5 Å². The lowest BCUT2D eigenvalue weighted by molar-refractivity contribution is 0.0999. The third-order valence-electron chi connectivity index (χ3n) is 1.69. The summed E-state index contributed by atoms with van der Waals surface area (Å²) < 4.78 is 22.9. The summed E-state index contributed by atoms with van der Waals surface area (Å²) in [5.74, 6) is -0.719. The predicted molar refractivity (Wildman–Crippen MR) is 60.8 cm³/mol. The zero-order valence-corrected chi connectivity index (χ0v) is 10.8. The maximum atomic E-state index is 11.3. The molecule has 4 nitrogen and oxygen atoms in total. The van der Waals surface area contributed by atoms with Gasteiger partial charge in [0, 0.05) is 10.7 Å². The van der Waals surface area contributed by atoms with Crippen molar-refractivity contribution in [1.82, 2.24) is 0 Å². The first-order chi connectivity index (χ1) is 6.73. The molecule has 0 saturated heterocycles. The van der Waals surface area contributed by atoms with Crippen LogP contribution < -0.4 is 5.73 Å². The molecule has 0 unspecified atom stereocenters. The van der Waals surface area contributed by atoms with E-state index >= 15 is 0 Å². The Morgan fingerprint density at radius 3 is 2.40 bits per heavy atom. The highest BCUT2D eigenvalue weighted by atomic mass is 79.9. The number of nitrogens with two attached hydrogens (primary N) is 1. The van der Waals surface area contributed by atoms with Crippen molar-refractivity contribution in [3.63, 3.8) is 0 Å². The topological polar surface area (TPSA) is 77.2 Å². The second-order valence-corrected chi connectivity index (χ2v) is 6.14. The number of carbonyl (C=O) groups is 1. The van der Waals surface area contributed by atoms with Gasteiger partial charge < -0.3 is 5.73 Å². The molecule has 1 aromatic rings. The monoisotopic (exact) mass is 311 g/mol. The third-order valence-corrected chi connectivity index (χ3v) is 3.90. The van der Waals surface area contributed by atoms with Crippen molar-refractivity contribution in [2.45, 2.75) is 4.90 Å². The van der Waals surface area contributed by atoms with Crippen LogP contribution in [-0.2, 0) is 9.84 Å². The van der Waals surface area contributed by atoms with Gasteiger partial charge in [0.1, 0.15) is 0 Å². The van der Waals surface area contributed by atoms with Gasteiger partial charge in [0.25, 0.3) is 0 Å². The molecule has 2 N–H and O–H groups in total. The number of carbonyl (C=O) groups excluding carboxylic acids is 1. The number of sulfone groups is 1. The van der Waals surface area contributed by atoms with Crippen molar-refractivity contribution < 1.29 is 13.2 Å². The van der Waals surface area contributed by atoms with Crippen molar-refractivity contribution in [3.8, 4) is 0 Å². The van der Waals surface area contributed by atoms with Gasteiger partial charge in [-0.3, -0.25) is 4.79 Å². The zero-order chi connectivity index (χ0) is 11.8. The highest BCUT2D eigenvalue weighted by molar-refractivity contribution is 9.10. The number of hydrogen-bond donors (Lipinski definition) is 1. The minimum absolute atomic E-state index is 0.0503. The van der Waals surface area contributed by atoms with Crippen molar-refractivity contribution in [1.29, 1.82) is 0 Å². The molecule has 0 heterocycles. The smallest absolute Gasteiger partial charge is 0.249 e. The molecule has 0 aromatic heterocycles.